The van der Waals surface area contributed by atoms with E-state index in [1.54, 1.807) is 24.3 Å². The molecule has 0 aliphatic rings. The fraction of sp³-hybridized carbons (Fsp3) is 0.0588. The first-order valence-corrected chi connectivity index (χ1v) is 8.62. The van der Waals surface area contributed by atoms with Crippen LogP contribution in [0.1, 0.15) is 9.67 Å². The second kappa shape index (κ2) is 7.21. The molecular formula is C17H12Cl2N2O2S. The smallest absolute Gasteiger partial charge is 0.263 e. The van der Waals surface area contributed by atoms with Gasteiger partial charge >= 0.3 is 0 Å². The molecule has 2 N–H and O–H groups in total. The molecular weight excluding hydrogens is 367 g/mol. The van der Waals surface area contributed by atoms with Gasteiger partial charge < -0.3 is 10.6 Å². The van der Waals surface area contributed by atoms with Crippen molar-refractivity contribution in [3.63, 3.8) is 0 Å². The van der Waals surface area contributed by atoms with Gasteiger partial charge in [-0.1, -0.05) is 41.4 Å². The number of thiophene rings is 1. The number of amides is 2. The highest BCUT2D eigenvalue weighted by Crippen LogP contribution is 2.34. The molecule has 7 heteroatoms. The number of nitrogens with one attached hydrogen (secondary N) is 2. The van der Waals surface area contributed by atoms with Crippen LogP contribution in [0.15, 0.2) is 48.5 Å². The van der Waals surface area contributed by atoms with Crippen LogP contribution in [-0.2, 0) is 4.79 Å². The zero-order valence-corrected chi connectivity index (χ0v) is 14.6. The van der Waals surface area contributed by atoms with Gasteiger partial charge in [0, 0.05) is 20.8 Å². The Morgan fingerprint density at radius 3 is 2.42 bits per heavy atom. The summed E-state index contributed by atoms with van der Waals surface area (Å²) in [5.74, 6) is -0.699. The Hall–Kier alpha value is -2.08. The molecule has 3 rings (SSSR count). The van der Waals surface area contributed by atoms with Crippen LogP contribution in [0.4, 0.5) is 5.69 Å². The minimum Gasteiger partial charge on any atom is -0.342 e. The van der Waals surface area contributed by atoms with Crippen molar-refractivity contribution in [3.05, 3.63) is 63.5 Å². The normalized spacial score (nSPS) is 10.6. The first-order valence-electron chi connectivity index (χ1n) is 7.05. The molecule has 0 spiro atoms. The second-order valence-electron chi connectivity index (χ2n) is 4.98. The lowest BCUT2D eigenvalue weighted by Gasteiger charge is -2.06. The van der Waals surface area contributed by atoms with Gasteiger partial charge in [-0.15, -0.1) is 11.3 Å². The third-order valence-electron chi connectivity index (χ3n) is 3.28. The fourth-order valence-corrected chi connectivity index (χ4v) is 3.70. The number of carbonyl (C=O) groups is 2. The summed E-state index contributed by atoms with van der Waals surface area (Å²) in [5.41, 5.74) is 0.610. The Bertz CT molecular complexity index is 907. The molecule has 4 nitrogen and oxygen atoms in total. The first kappa shape index (κ1) is 16.8. The van der Waals surface area contributed by atoms with Crippen molar-refractivity contribution in [3.8, 4) is 0 Å². The molecule has 0 radical (unpaired) electrons. The van der Waals surface area contributed by atoms with E-state index in [4.69, 9.17) is 23.2 Å². The lowest BCUT2D eigenvalue weighted by atomic mass is 10.2. The summed E-state index contributed by atoms with van der Waals surface area (Å²) < 4.78 is 0.929. The lowest BCUT2D eigenvalue weighted by Crippen LogP contribution is -2.32. The van der Waals surface area contributed by atoms with Gasteiger partial charge in [0.2, 0.25) is 5.91 Å². The average molecular weight is 379 g/mol. The molecule has 24 heavy (non-hydrogen) atoms. The van der Waals surface area contributed by atoms with Crippen LogP contribution >= 0.6 is 34.5 Å². The van der Waals surface area contributed by atoms with Gasteiger partial charge in [0.1, 0.15) is 4.88 Å². The monoisotopic (exact) mass is 378 g/mol. The number of carbonyl (C=O) groups excluding carboxylic acids is 2. The molecule has 3 aromatic rings. The van der Waals surface area contributed by atoms with Crippen LogP contribution in [0.5, 0.6) is 0 Å². The van der Waals surface area contributed by atoms with E-state index in [1.165, 1.54) is 11.3 Å². The van der Waals surface area contributed by atoms with Crippen LogP contribution in [0.2, 0.25) is 10.0 Å². The molecule has 0 unspecified atom stereocenters. The van der Waals surface area contributed by atoms with Crippen molar-refractivity contribution in [1.82, 2.24) is 5.32 Å². The van der Waals surface area contributed by atoms with Crippen LogP contribution in [-0.4, -0.2) is 18.4 Å². The molecule has 0 atom stereocenters. The number of anilines is 1. The van der Waals surface area contributed by atoms with Crippen LogP contribution < -0.4 is 10.6 Å². The Morgan fingerprint density at radius 2 is 1.71 bits per heavy atom. The highest BCUT2D eigenvalue weighted by Gasteiger charge is 2.17. The molecule has 122 valence electrons. The fourth-order valence-electron chi connectivity index (χ4n) is 2.14. The van der Waals surface area contributed by atoms with Crippen molar-refractivity contribution in [2.45, 2.75) is 0 Å². The summed E-state index contributed by atoms with van der Waals surface area (Å²) in [7, 11) is 0. The Kier molecular flexibility index (Phi) is 5.04. The number of hydrogen-bond acceptors (Lipinski definition) is 3. The van der Waals surface area contributed by atoms with Crippen molar-refractivity contribution >= 4 is 62.1 Å². The molecule has 0 aliphatic carbocycles. The van der Waals surface area contributed by atoms with E-state index < -0.39 is 0 Å². The van der Waals surface area contributed by atoms with Crippen molar-refractivity contribution in [2.24, 2.45) is 0 Å². The van der Waals surface area contributed by atoms with E-state index >= 15 is 0 Å². The summed E-state index contributed by atoms with van der Waals surface area (Å²) in [4.78, 5) is 24.6. The minimum atomic E-state index is -0.368. The van der Waals surface area contributed by atoms with Crippen molar-refractivity contribution < 1.29 is 9.59 Å². The van der Waals surface area contributed by atoms with E-state index in [9.17, 15) is 9.59 Å². The van der Waals surface area contributed by atoms with Crippen LogP contribution in [0, 0.1) is 0 Å². The van der Waals surface area contributed by atoms with Gasteiger partial charge in [0.05, 0.1) is 11.6 Å². The zero-order valence-electron chi connectivity index (χ0n) is 12.3. The highest BCUT2D eigenvalue weighted by molar-refractivity contribution is 7.21. The molecule has 1 aromatic heterocycles. The maximum absolute atomic E-state index is 12.3. The molecule has 0 aliphatic heterocycles. The summed E-state index contributed by atoms with van der Waals surface area (Å²) in [6, 6.07) is 14.2. The van der Waals surface area contributed by atoms with Crippen LogP contribution in [0.3, 0.4) is 0 Å². The topological polar surface area (TPSA) is 58.2 Å². The van der Waals surface area contributed by atoms with Gasteiger partial charge in [-0.3, -0.25) is 9.59 Å². The summed E-state index contributed by atoms with van der Waals surface area (Å²) >= 11 is 13.3. The first-order chi connectivity index (χ1) is 11.5. The van der Waals surface area contributed by atoms with Crippen molar-refractivity contribution in [2.75, 3.05) is 11.9 Å². The Labute approximate surface area is 152 Å². The van der Waals surface area contributed by atoms with E-state index in [0.29, 0.717) is 20.6 Å². The maximum Gasteiger partial charge on any atom is 0.263 e. The Morgan fingerprint density at radius 1 is 1.00 bits per heavy atom. The number of rotatable bonds is 4. The van der Waals surface area contributed by atoms with E-state index in [-0.39, 0.29) is 18.4 Å². The highest BCUT2D eigenvalue weighted by atomic mass is 35.5. The van der Waals surface area contributed by atoms with Gasteiger partial charge in [0.15, 0.2) is 0 Å². The van der Waals surface area contributed by atoms with Crippen LogP contribution in [0.25, 0.3) is 10.1 Å². The summed E-state index contributed by atoms with van der Waals surface area (Å²) in [6.45, 7) is -0.147. The Balaban J connectivity index is 1.63. The largest absolute Gasteiger partial charge is 0.342 e. The number of halogens is 2. The quantitative estimate of drug-likeness (QED) is 0.697. The second-order valence-corrected chi connectivity index (χ2v) is 6.85. The third kappa shape index (κ3) is 3.70. The third-order valence-corrected chi connectivity index (χ3v) is 5.20. The van der Waals surface area contributed by atoms with E-state index in [0.717, 1.165) is 10.1 Å². The molecule has 0 fully saturated rings. The van der Waals surface area contributed by atoms with Gasteiger partial charge in [0.25, 0.3) is 5.91 Å². The number of hydrogen-bond donors (Lipinski definition) is 2. The molecule has 2 aromatic carbocycles. The maximum atomic E-state index is 12.3. The lowest BCUT2D eigenvalue weighted by molar-refractivity contribution is -0.115. The zero-order chi connectivity index (χ0) is 17.1. The summed E-state index contributed by atoms with van der Waals surface area (Å²) in [5, 5.41) is 7.08. The number of fused-ring (bicyclic) bond motifs is 1. The molecule has 0 saturated heterocycles. The standard InChI is InChI=1S/C17H12Cl2N2O2S/c18-10-5-7-11(8-6-10)21-14(22)9-20-17(23)16-15(19)12-3-1-2-4-13(12)24-16/h1-8H,9H2,(H,20,23)(H,21,22). The molecule has 0 saturated carbocycles. The van der Waals surface area contributed by atoms with Gasteiger partial charge in [-0.25, -0.2) is 0 Å². The molecule has 1 heterocycles. The molecule has 0 bridgehead atoms. The van der Waals surface area contributed by atoms with E-state index in [2.05, 4.69) is 10.6 Å². The summed E-state index contributed by atoms with van der Waals surface area (Å²) in [6.07, 6.45) is 0. The predicted octanol–water partition coefficient (Wildman–Crippen LogP) is 4.58. The van der Waals surface area contributed by atoms with Gasteiger partial charge in [-0.2, -0.15) is 0 Å². The number of benzene rings is 2. The predicted molar refractivity (Wildman–Crippen MR) is 99.2 cm³/mol. The van der Waals surface area contributed by atoms with E-state index in [1.807, 2.05) is 24.3 Å². The average Bonchev–Trinajstić information content (AvgIpc) is 2.92. The van der Waals surface area contributed by atoms with Crippen molar-refractivity contribution in [1.29, 1.82) is 0 Å². The molecule has 2 amide bonds. The minimum absolute atomic E-state index is 0.147. The SMILES string of the molecule is O=C(CNC(=O)c1sc2ccccc2c1Cl)Nc1ccc(Cl)cc1. The van der Waals surface area contributed by atoms with Gasteiger partial charge in [-0.05, 0) is 30.3 Å².